The lowest BCUT2D eigenvalue weighted by molar-refractivity contribution is 0.0274. The number of aliphatic hydroxyl groups excluding tert-OH is 2. The molecule has 0 aromatic carbocycles. The molecule has 1 aliphatic rings. The van der Waals surface area contributed by atoms with Gasteiger partial charge in [-0.2, -0.15) is 0 Å². The average molecular weight is 157 g/mol. The van der Waals surface area contributed by atoms with Gasteiger partial charge in [0.25, 0.3) is 0 Å². The molecule has 0 spiro atoms. The molecule has 1 saturated carbocycles. The molecule has 5 nitrogen and oxygen atoms in total. The first-order valence-corrected chi connectivity index (χ1v) is 3.64. The van der Waals surface area contributed by atoms with Crippen LogP contribution in [0.2, 0.25) is 0 Å². The van der Waals surface area contributed by atoms with Crippen molar-refractivity contribution < 1.29 is 10.2 Å². The summed E-state index contributed by atoms with van der Waals surface area (Å²) < 4.78 is 0. The summed E-state index contributed by atoms with van der Waals surface area (Å²) in [4.78, 5) is 2.62. The topological polar surface area (TPSA) is 89.2 Å². The van der Waals surface area contributed by atoms with Crippen molar-refractivity contribution in [3.05, 3.63) is 10.4 Å². The number of hydrogen-bond donors (Lipinski definition) is 2. The molecule has 0 radical (unpaired) electrons. The molecule has 5 heteroatoms. The molecule has 62 valence electrons. The van der Waals surface area contributed by atoms with E-state index < -0.39 is 12.2 Å². The third-order valence-corrected chi connectivity index (χ3v) is 1.95. The van der Waals surface area contributed by atoms with Crippen LogP contribution in [-0.2, 0) is 0 Å². The van der Waals surface area contributed by atoms with E-state index in [4.69, 9.17) is 10.6 Å². The van der Waals surface area contributed by atoms with E-state index in [1.807, 2.05) is 0 Å². The molecule has 3 unspecified atom stereocenters. The van der Waals surface area contributed by atoms with Gasteiger partial charge in [-0.1, -0.05) is 5.11 Å². The van der Waals surface area contributed by atoms with Crippen LogP contribution in [0, 0.1) is 0 Å². The number of azide groups is 1. The highest BCUT2D eigenvalue weighted by Crippen LogP contribution is 2.21. The summed E-state index contributed by atoms with van der Waals surface area (Å²) in [7, 11) is 0. The maximum Gasteiger partial charge on any atom is 0.0649 e. The van der Waals surface area contributed by atoms with Gasteiger partial charge in [0.05, 0.1) is 18.2 Å². The van der Waals surface area contributed by atoms with Gasteiger partial charge in [0.15, 0.2) is 0 Å². The Hall–Kier alpha value is -0.770. The molecular weight excluding hydrogens is 146 g/mol. The Bertz CT molecular complexity index is 179. The van der Waals surface area contributed by atoms with Crippen LogP contribution in [0.25, 0.3) is 10.4 Å². The molecule has 0 amide bonds. The number of nitrogens with zero attached hydrogens (tertiary/aromatic N) is 3. The first-order valence-electron chi connectivity index (χ1n) is 3.64. The Morgan fingerprint density at radius 2 is 2.09 bits per heavy atom. The zero-order valence-corrected chi connectivity index (χ0v) is 6.09. The van der Waals surface area contributed by atoms with E-state index in [-0.39, 0.29) is 6.04 Å². The normalized spacial score (nSPS) is 37.8. The van der Waals surface area contributed by atoms with E-state index in [0.717, 1.165) is 0 Å². The van der Waals surface area contributed by atoms with E-state index in [2.05, 4.69) is 10.0 Å². The van der Waals surface area contributed by atoms with Crippen LogP contribution in [0.5, 0.6) is 0 Å². The second-order valence-electron chi connectivity index (χ2n) is 2.81. The second kappa shape index (κ2) is 3.57. The fourth-order valence-corrected chi connectivity index (χ4v) is 1.31. The molecule has 0 bridgehead atoms. The third-order valence-electron chi connectivity index (χ3n) is 1.95. The summed E-state index contributed by atoms with van der Waals surface area (Å²) in [5.41, 5.74) is 8.09. The quantitative estimate of drug-likeness (QED) is 0.331. The molecule has 0 aromatic heterocycles. The zero-order chi connectivity index (χ0) is 8.27. The maximum atomic E-state index is 9.25. The molecule has 1 aliphatic carbocycles. The number of hydrogen-bond acceptors (Lipinski definition) is 3. The standard InChI is InChI=1S/C6H11N3O2/c7-9-8-5-2-1-4(10)3-6(5)11/h4-6,10-11H,1-3H2. The largest absolute Gasteiger partial charge is 0.393 e. The van der Waals surface area contributed by atoms with E-state index in [1.165, 1.54) is 0 Å². The van der Waals surface area contributed by atoms with Crippen LogP contribution in [0.15, 0.2) is 5.11 Å². The molecule has 0 heterocycles. The van der Waals surface area contributed by atoms with Crippen molar-refractivity contribution in [3.63, 3.8) is 0 Å². The van der Waals surface area contributed by atoms with Crippen molar-refractivity contribution in [2.24, 2.45) is 5.11 Å². The SMILES string of the molecule is [N-]=[N+]=NC1CCC(O)CC1O. The minimum absolute atomic E-state index is 0.323. The zero-order valence-electron chi connectivity index (χ0n) is 6.09. The lowest BCUT2D eigenvalue weighted by atomic mass is 9.91. The monoisotopic (exact) mass is 157 g/mol. The van der Waals surface area contributed by atoms with Crippen LogP contribution >= 0.6 is 0 Å². The Morgan fingerprint density at radius 3 is 2.64 bits per heavy atom. The van der Waals surface area contributed by atoms with Gasteiger partial charge in [-0.15, -0.1) is 0 Å². The summed E-state index contributed by atoms with van der Waals surface area (Å²) >= 11 is 0. The van der Waals surface area contributed by atoms with Gasteiger partial charge >= 0.3 is 0 Å². The lowest BCUT2D eigenvalue weighted by Crippen LogP contribution is -2.34. The van der Waals surface area contributed by atoms with Gasteiger partial charge in [0.2, 0.25) is 0 Å². The number of rotatable bonds is 1. The summed E-state index contributed by atoms with van der Waals surface area (Å²) in [5.74, 6) is 0. The van der Waals surface area contributed by atoms with Crippen LogP contribution in [-0.4, -0.2) is 28.5 Å². The Kier molecular flexibility index (Phi) is 2.70. The van der Waals surface area contributed by atoms with Crippen molar-refractivity contribution in [1.82, 2.24) is 0 Å². The molecule has 0 aromatic rings. The van der Waals surface area contributed by atoms with Gasteiger partial charge in [-0.05, 0) is 24.8 Å². The lowest BCUT2D eigenvalue weighted by Gasteiger charge is -2.27. The fourth-order valence-electron chi connectivity index (χ4n) is 1.31. The highest BCUT2D eigenvalue weighted by Gasteiger charge is 2.26. The summed E-state index contributed by atoms with van der Waals surface area (Å²) in [5, 5.41) is 21.7. The van der Waals surface area contributed by atoms with Crippen LogP contribution < -0.4 is 0 Å². The van der Waals surface area contributed by atoms with Gasteiger partial charge in [0, 0.05) is 4.91 Å². The van der Waals surface area contributed by atoms with Gasteiger partial charge < -0.3 is 10.2 Å². The summed E-state index contributed by atoms with van der Waals surface area (Å²) in [6.45, 7) is 0. The Morgan fingerprint density at radius 1 is 1.36 bits per heavy atom. The molecular formula is C6H11N3O2. The smallest absolute Gasteiger partial charge is 0.0649 e. The van der Waals surface area contributed by atoms with Gasteiger partial charge in [-0.3, -0.25) is 0 Å². The van der Waals surface area contributed by atoms with Crippen molar-refractivity contribution in [2.45, 2.75) is 37.5 Å². The van der Waals surface area contributed by atoms with Crippen molar-refractivity contribution in [1.29, 1.82) is 0 Å². The van der Waals surface area contributed by atoms with Gasteiger partial charge in [-0.25, -0.2) is 0 Å². The Balaban J connectivity index is 2.50. The highest BCUT2D eigenvalue weighted by atomic mass is 16.3. The first-order chi connectivity index (χ1) is 5.24. The minimum Gasteiger partial charge on any atom is -0.393 e. The van der Waals surface area contributed by atoms with E-state index in [1.54, 1.807) is 0 Å². The predicted octanol–water partition coefficient (Wildman–Crippen LogP) is 0.571. The van der Waals surface area contributed by atoms with Crippen LogP contribution in [0.1, 0.15) is 19.3 Å². The summed E-state index contributed by atoms with van der Waals surface area (Å²) in [6, 6.07) is -0.344. The molecule has 1 fully saturated rings. The van der Waals surface area contributed by atoms with Crippen molar-refractivity contribution in [2.75, 3.05) is 0 Å². The molecule has 3 atom stereocenters. The molecule has 0 aliphatic heterocycles. The molecule has 1 rings (SSSR count). The van der Waals surface area contributed by atoms with Crippen molar-refractivity contribution >= 4 is 0 Å². The second-order valence-corrected chi connectivity index (χ2v) is 2.81. The van der Waals surface area contributed by atoms with E-state index >= 15 is 0 Å². The van der Waals surface area contributed by atoms with Crippen molar-refractivity contribution in [3.8, 4) is 0 Å². The third kappa shape index (κ3) is 2.08. The molecule has 2 N–H and O–H groups in total. The summed E-state index contributed by atoms with van der Waals surface area (Å²) in [6.07, 6.45) is 0.404. The predicted molar refractivity (Wildman–Crippen MR) is 38.8 cm³/mol. The van der Waals surface area contributed by atoms with Crippen LogP contribution in [0.4, 0.5) is 0 Å². The maximum absolute atomic E-state index is 9.25. The first kappa shape index (κ1) is 8.33. The minimum atomic E-state index is -0.672. The van der Waals surface area contributed by atoms with E-state index in [9.17, 15) is 5.11 Å². The van der Waals surface area contributed by atoms with Crippen LogP contribution in [0.3, 0.4) is 0 Å². The Labute approximate surface area is 64.3 Å². The molecule has 11 heavy (non-hydrogen) atoms. The molecule has 0 saturated heterocycles. The van der Waals surface area contributed by atoms with E-state index in [0.29, 0.717) is 19.3 Å². The number of aliphatic hydroxyl groups is 2. The van der Waals surface area contributed by atoms with Gasteiger partial charge in [0.1, 0.15) is 0 Å². The average Bonchev–Trinajstić information content (AvgIpc) is 1.95. The fraction of sp³-hybridized carbons (Fsp3) is 1.00. The highest BCUT2D eigenvalue weighted by molar-refractivity contribution is 4.84.